The zero-order valence-corrected chi connectivity index (χ0v) is 9.55. The quantitative estimate of drug-likeness (QED) is 0.573. The van der Waals surface area contributed by atoms with Crippen molar-refractivity contribution in [2.75, 3.05) is 0 Å². The zero-order valence-electron chi connectivity index (χ0n) is 9.55. The number of allylic oxidation sites excluding steroid dienone is 2. The van der Waals surface area contributed by atoms with E-state index in [0.29, 0.717) is 5.41 Å². The van der Waals surface area contributed by atoms with Crippen LogP contribution in [0.1, 0.15) is 52.4 Å². The minimum atomic E-state index is 0.679. The monoisotopic (exact) mass is 190 g/mol. The smallest absolute Gasteiger partial charge is 0.00848 e. The molecule has 0 aromatic carbocycles. The van der Waals surface area contributed by atoms with E-state index in [1.165, 1.54) is 38.5 Å². The van der Waals surface area contributed by atoms with E-state index in [4.69, 9.17) is 0 Å². The van der Waals surface area contributed by atoms with Crippen molar-refractivity contribution in [2.45, 2.75) is 52.4 Å². The first-order chi connectivity index (χ1) is 6.79. The highest BCUT2D eigenvalue weighted by atomic mass is 14.6. The van der Waals surface area contributed by atoms with Crippen LogP contribution in [-0.4, -0.2) is 0 Å². The lowest BCUT2D eigenvalue weighted by Crippen LogP contribution is -2.46. The molecule has 0 spiro atoms. The van der Waals surface area contributed by atoms with Crippen LogP contribution < -0.4 is 0 Å². The molecule has 0 amide bonds. The molecule has 5 rings (SSSR count). The van der Waals surface area contributed by atoms with E-state index >= 15 is 0 Å². The van der Waals surface area contributed by atoms with Gasteiger partial charge in [-0.05, 0) is 61.7 Å². The molecule has 0 aliphatic heterocycles. The molecule has 0 saturated heterocycles. The van der Waals surface area contributed by atoms with E-state index in [-0.39, 0.29) is 0 Å². The van der Waals surface area contributed by atoms with Crippen molar-refractivity contribution in [3.05, 3.63) is 11.6 Å². The van der Waals surface area contributed by atoms with Gasteiger partial charge in [-0.2, -0.15) is 0 Å². The summed E-state index contributed by atoms with van der Waals surface area (Å²) in [6, 6.07) is 0. The number of fused-ring (bicyclic) bond motifs is 2. The first kappa shape index (κ1) is 9.00. The predicted octanol–water partition coefficient (Wildman–Crippen LogP) is 4.17. The predicted molar refractivity (Wildman–Crippen MR) is 60.0 cm³/mol. The van der Waals surface area contributed by atoms with E-state index in [1.807, 2.05) is 5.57 Å². The molecule has 0 aromatic rings. The van der Waals surface area contributed by atoms with Gasteiger partial charge in [0.05, 0.1) is 0 Å². The van der Waals surface area contributed by atoms with Gasteiger partial charge in [0.25, 0.3) is 0 Å². The van der Waals surface area contributed by atoms with Gasteiger partial charge in [0.15, 0.2) is 0 Å². The molecule has 4 atom stereocenters. The normalized spacial score (nSPS) is 49.6. The molecule has 5 aliphatic rings. The molecule has 4 bridgehead atoms. The average Bonchev–Trinajstić information content (AvgIpc) is 2.28. The Bertz CT molecular complexity index is 276. The minimum absolute atomic E-state index is 0.679. The van der Waals surface area contributed by atoms with Crippen LogP contribution in [0.4, 0.5) is 0 Å². The molecule has 0 nitrogen and oxygen atoms in total. The fourth-order valence-electron chi connectivity index (χ4n) is 4.55. The van der Waals surface area contributed by atoms with Crippen LogP contribution in [0, 0.1) is 23.2 Å². The third kappa shape index (κ3) is 0.951. The van der Waals surface area contributed by atoms with Crippen molar-refractivity contribution >= 4 is 0 Å². The maximum absolute atomic E-state index is 2.69. The highest BCUT2D eigenvalue weighted by Gasteiger charge is 2.51. The van der Waals surface area contributed by atoms with Crippen molar-refractivity contribution in [2.24, 2.45) is 23.2 Å². The molecule has 0 N–H and O–H groups in total. The van der Waals surface area contributed by atoms with Crippen LogP contribution in [0.2, 0.25) is 0 Å². The summed E-state index contributed by atoms with van der Waals surface area (Å²) < 4.78 is 0. The van der Waals surface area contributed by atoms with E-state index in [1.54, 1.807) is 0 Å². The van der Waals surface area contributed by atoms with Crippen LogP contribution in [-0.2, 0) is 0 Å². The van der Waals surface area contributed by atoms with Gasteiger partial charge < -0.3 is 0 Å². The average molecular weight is 190 g/mol. The van der Waals surface area contributed by atoms with Crippen molar-refractivity contribution < 1.29 is 0 Å². The number of hydrogen-bond donors (Lipinski definition) is 0. The molecule has 5 aliphatic carbocycles. The van der Waals surface area contributed by atoms with Crippen molar-refractivity contribution in [1.29, 1.82) is 0 Å². The Labute approximate surface area is 87.8 Å². The molecule has 78 valence electrons. The van der Waals surface area contributed by atoms with Gasteiger partial charge in [0.2, 0.25) is 0 Å². The van der Waals surface area contributed by atoms with Crippen LogP contribution in [0.5, 0.6) is 0 Å². The van der Waals surface area contributed by atoms with Gasteiger partial charge in [-0.3, -0.25) is 0 Å². The summed E-state index contributed by atoms with van der Waals surface area (Å²) in [4.78, 5) is 0. The Morgan fingerprint density at radius 3 is 2.93 bits per heavy atom. The van der Waals surface area contributed by atoms with Gasteiger partial charge in [-0.25, -0.2) is 0 Å². The Kier molecular flexibility index (Phi) is 1.84. The zero-order chi connectivity index (χ0) is 9.76. The highest BCUT2D eigenvalue weighted by molar-refractivity contribution is 5.30. The van der Waals surface area contributed by atoms with Crippen molar-refractivity contribution in [1.82, 2.24) is 0 Å². The highest BCUT2D eigenvalue weighted by Crippen LogP contribution is 2.63. The maximum atomic E-state index is 2.69. The third-order valence-electron chi connectivity index (χ3n) is 5.42. The van der Waals surface area contributed by atoms with E-state index in [2.05, 4.69) is 19.9 Å². The summed E-state index contributed by atoms with van der Waals surface area (Å²) in [6.07, 6.45) is 11.5. The lowest BCUT2D eigenvalue weighted by atomic mass is 9.47. The maximum Gasteiger partial charge on any atom is -0.00848 e. The van der Waals surface area contributed by atoms with Gasteiger partial charge in [0.1, 0.15) is 0 Å². The summed E-state index contributed by atoms with van der Waals surface area (Å²) >= 11 is 0. The molecule has 0 radical (unpaired) electrons. The summed E-state index contributed by atoms with van der Waals surface area (Å²) in [5.74, 6) is 3.01. The number of hydrogen-bond acceptors (Lipinski definition) is 0. The number of rotatable bonds is 2. The molecular weight excluding hydrogens is 168 g/mol. The van der Waals surface area contributed by atoms with E-state index in [9.17, 15) is 0 Å². The minimum Gasteiger partial charge on any atom is -0.0811 e. The molecule has 2 fully saturated rings. The van der Waals surface area contributed by atoms with E-state index in [0.717, 1.165) is 17.8 Å². The first-order valence-corrected chi connectivity index (χ1v) is 6.51. The topological polar surface area (TPSA) is 0 Å². The van der Waals surface area contributed by atoms with Crippen LogP contribution >= 0.6 is 0 Å². The first-order valence-electron chi connectivity index (χ1n) is 6.51. The van der Waals surface area contributed by atoms with E-state index < -0.39 is 0 Å². The van der Waals surface area contributed by atoms with Gasteiger partial charge in [-0.15, -0.1) is 0 Å². The second-order valence-corrected chi connectivity index (χ2v) is 5.76. The SMILES string of the molecule is CCC1CC2CC3(CC)CCC2C=C13. The Morgan fingerprint density at radius 2 is 2.29 bits per heavy atom. The molecule has 0 heterocycles. The summed E-state index contributed by atoms with van der Waals surface area (Å²) in [6.45, 7) is 4.79. The van der Waals surface area contributed by atoms with Crippen LogP contribution in [0.15, 0.2) is 11.6 Å². The van der Waals surface area contributed by atoms with Crippen molar-refractivity contribution in [3.8, 4) is 0 Å². The largest absolute Gasteiger partial charge is 0.0811 e. The summed E-state index contributed by atoms with van der Waals surface area (Å²) in [5, 5.41) is 0. The van der Waals surface area contributed by atoms with Crippen LogP contribution in [0.25, 0.3) is 0 Å². The molecule has 14 heavy (non-hydrogen) atoms. The second-order valence-electron chi connectivity index (χ2n) is 5.76. The van der Waals surface area contributed by atoms with Gasteiger partial charge in [-0.1, -0.05) is 25.5 Å². The third-order valence-corrected chi connectivity index (χ3v) is 5.42. The fourth-order valence-corrected chi connectivity index (χ4v) is 4.55. The lowest BCUT2D eigenvalue weighted by Gasteiger charge is -2.57. The van der Waals surface area contributed by atoms with Gasteiger partial charge >= 0.3 is 0 Å². The van der Waals surface area contributed by atoms with Gasteiger partial charge in [0, 0.05) is 0 Å². The molecule has 4 unspecified atom stereocenters. The Morgan fingerprint density at radius 1 is 1.43 bits per heavy atom. The molecular formula is C14H22. The summed E-state index contributed by atoms with van der Waals surface area (Å²) in [5.41, 5.74) is 2.57. The fraction of sp³-hybridized carbons (Fsp3) is 0.857. The summed E-state index contributed by atoms with van der Waals surface area (Å²) in [7, 11) is 0. The standard InChI is InChI=1S/C14H22/c1-3-10-7-12-9-14(4-2)6-5-11(12)8-13(10)14/h8,10-12H,3-7,9H2,1-2H3. The Balaban J connectivity index is 2.03. The molecule has 0 heteroatoms. The second kappa shape index (κ2) is 2.87. The molecule has 0 aromatic heterocycles. The van der Waals surface area contributed by atoms with Crippen LogP contribution in [0.3, 0.4) is 0 Å². The Hall–Kier alpha value is -0.260. The lowest BCUT2D eigenvalue weighted by molar-refractivity contribution is 0.0429. The van der Waals surface area contributed by atoms with Crippen molar-refractivity contribution in [3.63, 3.8) is 0 Å². The molecule has 2 saturated carbocycles.